The Morgan fingerprint density at radius 2 is 2.21 bits per heavy atom. The molecule has 14 heavy (non-hydrogen) atoms. The van der Waals surface area contributed by atoms with Crippen LogP contribution in [0.4, 0.5) is 0 Å². The Kier molecular flexibility index (Phi) is 2.53. The Labute approximate surface area is 84.9 Å². The van der Waals surface area contributed by atoms with E-state index in [0.29, 0.717) is 11.9 Å². The van der Waals surface area contributed by atoms with E-state index in [1.54, 1.807) is 0 Å². The third-order valence-electron chi connectivity index (χ3n) is 2.70. The van der Waals surface area contributed by atoms with Gasteiger partial charge < -0.3 is 5.73 Å². The molecular weight excluding hydrogens is 172 g/mol. The fraction of sp³-hybridized carbons (Fsp3) is 0.417. The fourth-order valence-corrected chi connectivity index (χ4v) is 2.11. The number of hydrogen-bond donors (Lipinski definition) is 1. The smallest absolute Gasteiger partial charge is 0.0913 e. The van der Waals surface area contributed by atoms with Crippen molar-refractivity contribution in [2.24, 2.45) is 10.7 Å². The Balaban J connectivity index is 2.35. The third kappa shape index (κ3) is 1.79. The van der Waals surface area contributed by atoms with Crippen LogP contribution in [-0.2, 0) is 6.42 Å². The maximum Gasteiger partial charge on any atom is 0.0913 e. The van der Waals surface area contributed by atoms with Gasteiger partial charge in [0.25, 0.3) is 0 Å². The van der Waals surface area contributed by atoms with E-state index in [4.69, 9.17) is 5.73 Å². The topological polar surface area (TPSA) is 38.4 Å². The van der Waals surface area contributed by atoms with Gasteiger partial charge in [-0.15, -0.1) is 0 Å². The summed E-state index contributed by atoms with van der Waals surface area (Å²) in [5, 5.41) is 0. The van der Waals surface area contributed by atoms with Crippen LogP contribution < -0.4 is 5.73 Å². The maximum atomic E-state index is 5.63. The van der Waals surface area contributed by atoms with E-state index < -0.39 is 0 Å². The lowest BCUT2D eigenvalue weighted by atomic mass is 9.88. The molecule has 2 nitrogen and oxygen atoms in total. The quantitative estimate of drug-likeness (QED) is 0.533. The largest absolute Gasteiger partial charge is 0.388 e. The van der Waals surface area contributed by atoms with Crippen molar-refractivity contribution in [3.05, 3.63) is 35.4 Å². The number of aryl methyl sites for hydroxylation is 1. The summed E-state index contributed by atoms with van der Waals surface area (Å²) in [4.78, 5) is 4.47. The van der Waals surface area contributed by atoms with Crippen molar-refractivity contribution in [2.75, 3.05) is 0 Å². The molecule has 2 heteroatoms. The highest BCUT2D eigenvalue weighted by Crippen LogP contribution is 2.32. The number of nitrogens with zero attached hydrogens (tertiary/aromatic N) is 1. The molecule has 1 aromatic carbocycles. The van der Waals surface area contributed by atoms with Crippen LogP contribution in [0.3, 0.4) is 0 Å². The third-order valence-corrected chi connectivity index (χ3v) is 2.70. The summed E-state index contributed by atoms with van der Waals surface area (Å²) >= 11 is 0. The second-order valence-electron chi connectivity index (χ2n) is 3.88. The van der Waals surface area contributed by atoms with Crippen molar-refractivity contribution in [1.29, 1.82) is 0 Å². The molecule has 0 aromatic heterocycles. The summed E-state index contributed by atoms with van der Waals surface area (Å²) in [5.41, 5.74) is 8.43. The molecule has 0 saturated heterocycles. The van der Waals surface area contributed by atoms with Crippen LogP contribution in [0.1, 0.15) is 36.9 Å². The molecule has 74 valence electrons. The number of fused-ring (bicyclic) bond motifs is 1. The van der Waals surface area contributed by atoms with Crippen molar-refractivity contribution >= 4 is 5.84 Å². The van der Waals surface area contributed by atoms with Gasteiger partial charge in [-0.3, -0.25) is 4.99 Å². The van der Waals surface area contributed by atoms with Gasteiger partial charge in [0.1, 0.15) is 0 Å². The van der Waals surface area contributed by atoms with Gasteiger partial charge >= 0.3 is 0 Å². The van der Waals surface area contributed by atoms with Gasteiger partial charge in [-0.2, -0.15) is 0 Å². The highest BCUT2D eigenvalue weighted by Gasteiger charge is 2.18. The number of nitrogens with two attached hydrogens (primary N) is 1. The highest BCUT2D eigenvalue weighted by atomic mass is 14.9. The van der Waals surface area contributed by atoms with E-state index in [2.05, 4.69) is 29.3 Å². The Bertz CT molecular complexity index is 351. The fourth-order valence-electron chi connectivity index (χ4n) is 2.11. The van der Waals surface area contributed by atoms with Crippen molar-refractivity contribution in [3.63, 3.8) is 0 Å². The molecule has 2 rings (SSSR count). The summed E-state index contributed by atoms with van der Waals surface area (Å²) < 4.78 is 0. The molecular formula is C12H16N2. The summed E-state index contributed by atoms with van der Waals surface area (Å²) in [6.07, 6.45) is 3.54. The van der Waals surface area contributed by atoms with Gasteiger partial charge in [0.2, 0.25) is 0 Å². The van der Waals surface area contributed by atoms with Gasteiger partial charge in [0, 0.05) is 0 Å². The summed E-state index contributed by atoms with van der Waals surface area (Å²) in [6, 6.07) is 8.85. The van der Waals surface area contributed by atoms with Gasteiger partial charge in [0.15, 0.2) is 0 Å². The summed E-state index contributed by atoms with van der Waals surface area (Å²) in [6.45, 7) is 1.86. The Morgan fingerprint density at radius 1 is 1.43 bits per heavy atom. The van der Waals surface area contributed by atoms with E-state index >= 15 is 0 Å². The lowest BCUT2D eigenvalue weighted by molar-refractivity contribution is 0.572. The predicted octanol–water partition coefficient (Wildman–Crippen LogP) is 2.44. The molecule has 0 amide bonds. The first-order chi connectivity index (χ1) is 6.77. The minimum Gasteiger partial charge on any atom is -0.388 e. The molecule has 1 aliphatic rings. The molecule has 1 aromatic rings. The van der Waals surface area contributed by atoms with Crippen LogP contribution in [0.2, 0.25) is 0 Å². The van der Waals surface area contributed by atoms with Gasteiger partial charge in [-0.05, 0) is 37.3 Å². The maximum absolute atomic E-state index is 5.63. The minimum absolute atomic E-state index is 0.296. The lowest BCUT2D eigenvalue weighted by Crippen LogP contribution is -2.13. The van der Waals surface area contributed by atoms with Crippen molar-refractivity contribution in [2.45, 2.75) is 32.2 Å². The zero-order chi connectivity index (χ0) is 9.97. The molecule has 0 radical (unpaired) electrons. The summed E-state index contributed by atoms with van der Waals surface area (Å²) in [7, 11) is 0. The van der Waals surface area contributed by atoms with E-state index in [1.807, 2.05) is 6.92 Å². The minimum atomic E-state index is 0.296. The number of benzene rings is 1. The van der Waals surface area contributed by atoms with E-state index in [9.17, 15) is 0 Å². The van der Waals surface area contributed by atoms with Crippen LogP contribution >= 0.6 is 0 Å². The molecule has 1 aliphatic carbocycles. The summed E-state index contributed by atoms with van der Waals surface area (Å²) in [5.74, 6) is 0.687. The highest BCUT2D eigenvalue weighted by molar-refractivity contribution is 5.77. The number of hydrogen-bond acceptors (Lipinski definition) is 1. The second-order valence-corrected chi connectivity index (χ2v) is 3.88. The van der Waals surface area contributed by atoms with E-state index in [-0.39, 0.29) is 0 Å². The molecule has 0 bridgehead atoms. The molecule has 2 N–H and O–H groups in total. The van der Waals surface area contributed by atoms with E-state index in [1.165, 1.54) is 24.0 Å². The molecule has 1 unspecified atom stereocenters. The van der Waals surface area contributed by atoms with Crippen LogP contribution in [0.5, 0.6) is 0 Å². The molecule has 1 atom stereocenters. The standard InChI is InChI=1S/C12H16N2/c1-9(13)14-12-8-4-6-10-5-2-3-7-11(10)12/h2-3,5,7,12H,4,6,8H2,1H3,(H2,13,14). The normalized spacial score (nSPS) is 21.8. The second kappa shape index (κ2) is 3.82. The first-order valence-electron chi connectivity index (χ1n) is 5.15. The average Bonchev–Trinajstić information content (AvgIpc) is 2.18. The van der Waals surface area contributed by atoms with Crippen LogP contribution in [-0.4, -0.2) is 5.84 Å². The van der Waals surface area contributed by atoms with E-state index in [0.717, 1.165) is 6.42 Å². The van der Waals surface area contributed by atoms with Crippen LogP contribution in [0.25, 0.3) is 0 Å². The van der Waals surface area contributed by atoms with Crippen molar-refractivity contribution in [1.82, 2.24) is 0 Å². The first-order valence-corrected chi connectivity index (χ1v) is 5.15. The molecule has 0 heterocycles. The Hall–Kier alpha value is -1.31. The van der Waals surface area contributed by atoms with Crippen LogP contribution in [0.15, 0.2) is 29.3 Å². The molecule has 0 aliphatic heterocycles. The van der Waals surface area contributed by atoms with Gasteiger partial charge in [-0.1, -0.05) is 24.3 Å². The molecule has 0 saturated carbocycles. The number of amidine groups is 1. The SMILES string of the molecule is CC(N)=NC1CCCc2ccccc21. The van der Waals surface area contributed by atoms with Gasteiger partial charge in [-0.25, -0.2) is 0 Å². The zero-order valence-corrected chi connectivity index (χ0v) is 8.53. The zero-order valence-electron chi connectivity index (χ0n) is 8.53. The molecule has 0 spiro atoms. The predicted molar refractivity (Wildman–Crippen MR) is 59.4 cm³/mol. The average molecular weight is 188 g/mol. The van der Waals surface area contributed by atoms with Gasteiger partial charge in [0.05, 0.1) is 11.9 Å². The van der Waals surface area contributed by atoms with Crippen molar-refractivity contribution in [3.8, 4) is 0 Å². The van der Waals surface area contributed by atoms with Crippen LogP contribution in [0, 0.1) is 0 Å². The monoisotopic (exact) mass is 188 g/mol. The lowest BCUT2D eigenvalue weighted by Gasteiger charge is -2.22. The molecule has 0 fully saturated rings. The first kappa shape index (κ1) is 9.25. The van der Waals surface area contributed by atoms with Crippen molar-refractivity contribution < 1.29 is 0 Å². The number of aliphatic imine (C=N–C) groups is 1. The Morgan fingerprint density at radius 3 is 3.00 bits per heavy atom. The number of rotatable bonds is 1.